The Morgan fingerprint density at radius 2 is 2.05 bits per heavy atom. The summed E-state index contributed by atoms with van der Waals surface area (Å²) in [6.45, 7) is 1.96. The van der Waals surface area contributed by atoms with Gasteiger partial charge >= 0.3 is 0 Å². The van der Waals surface area contributed by atoms with Crippen LogP contribution in [0.1, 0.15) is 27.7 Å². The molecule has 94 valence electrons. The molecule has 1 aromatic heterocycles. The molecular formula is C14H12N4O. The molecule has 19 heavy (non-hydrogen) atoms. The SMILES string of the molecule is Cc1ccc(C(C#N)NC(=O)c2cnccn2)cc1. The molecule has 5 heteroatoms. The molecule has 1 aromatic carbocycles. The Balaban J connectivity index is 2.14. The minimum atomic E-state index is -0.699. The van der Waals surface area contributed by atoms with Crippen molar-refractivity contribution in [1.82, 2.24) is 15.3 Å². The molecule has 0 saturated heterocycles. The van der Waals surface area contributed by atoms with Gasteiger partial charge in [-0.05, 0) is 12.5 Å². The number of benzene rings is 1. The van der Waals surface area contributed by atoms with Gasteiger partial charge in [-0.15, -0.1) is 0 Å². The molecule has 0 aliphatic heterocycles. The van der Waals surface area contributed by atoms with Crippen molar-refractivity contribution >= 4 is 5.91 Å². The maximum absolute atomic E-state index is 11.9. The highest BCUT2D eigenvalue weighted by Gasteiger charge is 2.15. The molecule has 1 N–H and O–H groups in total. The second-order valence-electron chi connectivity index (χ2n) is 4.04. The molecule has 0 spiro atoms. The zero-order chi connectivity index (χ0) is 13.7. The van der Waals surface area contributed by atoms with Gasteiger partial charge in [0.25, 0.3) is 5.91 Å². The highest BCUT2D eigenvalue weighted by Crippen LogP contribution is 2.13. The van der Waals surface area contributed by atoms with Crippen molar-refractivity contribution in [3.8, 4) is 6.07 Å². The van der Waals surface area contributed by atoms with Gasteiger partial charge in [0.05, 0.1) is 12.3 Å². The van der Waals surface area contributed by atoms with Crippen LogP contribution in [0.4, 0.5) is 0 Å². The predicted molar refractivity (Wildman–Crippen MR) is 69.0 cm³/mol. The van der Waals surface area contributed by atoms with Crippen LogP contribution in [-0.2, 0) is 0 Å². The smallest absolute Gasteiger partial charge is 0.272 e. The third-order valence-corrected chi connectivity index (χ3v) is 2.61. The average Bonchev–Trinajstić information content (AvgIpc) is 2.46. The molecule has 1 amide bonds. The van der Waals surface area contributed by atoms with Gasteiger partial charge in [-0.2, -0.15) is 5.26 Å². The second-order valence-corrected chi connectivity index (χ2v) is 4.04. The van der Waals surface area contributed by atoms with Crippen molar-refractivity contribution in [3.63, 3.8) is 0 Å². The lowest BCUT2D eigenvalue weighted by Crippen LogP contribution is -2.28. The van der Waals surface area contributed by atoms with Crippen molar-refractivity contribution < 1.29 is 4.79 Å². The molecule has 1 heterocycles. The number of nitrogens with one attached hydrogen (secondary N) is 1. The Labute approximate surface area is 110 Å². The maximum Gasteiger partial charge on any atom is 0.272 e. The van der Waals surface area contributed by atoms with E-state index in [9.17, 15) is 4.79 Å². The number of aromatic nitrogens is 2. The van der Waals surface area contributed by atoms with Crippen LogP contribution in [0.25, 0.3) is 0 Å². The fourth-order valence-corrected chi connectivity index (χ4v) is 1.57. The van der Waals surface area contributed by atoms with Crippen LogP contribution < -0.4 is 5.32 Å². The normalized spacial score (nSPS) is 11.4. The van der Waals surface area contributed by atoms with E-state index in [0.29, 0.717) is 0 Å². The van der Waals surface area contributed by atoms with Gasteiger partial charge in [0.15, 0.2) is 0 Å². The number of amides is 1. The van der Waals surface area contributed by atoms with Crippen LogP contribution in [0.3, 0.4) is 0 Å². The van der Waals surface area contributed by atoms with E-state index in [1.54, 1.807) is 0 Å². The van der Waals surface area contributed by atoms with Crippen molar-refractivity contribution in [1.29, 1.82) is 5.26 Å². The van der Waals surface area contributed by atoms with E-state index in [2.05, 4.69) is 21.4 Å². The first-order chi connectivity index (χ1) is 9.20. The highest BCUT2D eigenvalue weighted by atomic mass is 16.1. The topological polar surface area (TPSA) is 78.7 Å². The number of carbonyl (C=O) groups excluding carboxylic acids is 1. The molecule has 2 rings (SSSR count). The van der Waals surface area contributed by atoms with E-state index in [-0.39, 0.29) is 5.69 Å². The molecule has 5 nitrogen and oxygen atoms in total. The average molecular weight is 252 g/mol. The zero-order valence-corrected chi connectivity index (χ0v) is 10.4. The number of aryl methyl sites for hydroxylation is 1. The molecule has 1 atom stereocenters. The molecule has 0 fully saturated rings. The third kappa shape index (κ3) is 3.13. The van der Waals surface area contributed by atoms with Gasteiger partial charge in [-0.1, -0.05) is 29.8 Å². The van der Waals surface area contributed by atoms with E-state index in [0.717, 1.165) is 11.1 Å². The lowest BCUT2D eigenvalue weighted by Gasteiger charge is -2.11. The number of nitriles is 1. The number of carbonyl (C=O) groups is 1. The number of rotatable bonds is 3. The van der Waals surface area contributed by atoms with Crippen LogP contribution in [0.15, 0.2) is 42.9 Å². The number of nitrogens with zero attached hydrogens (tertiary/aromatic N) is 3. The highest BCUT2D eigenvalue weighted by molar-refractivity contribution is 5.92. The first-order valence-electron chi connectivity index (χ1n) is 5.74. The Kier molecular flexibility index (Phi) is 3.84. The molecule has 0 aliphatic rings. The van der Waals surface area contributed by atoms with Crippen LogP contribution in [-0.4, -0.2) is 15.9 Å². The first-order valence-corrected chi connectivity index (χ1v) is 5.74. The second kappa shape index (κ2) is 5.74. The van der Waals surface area contributed by atoms with Crippen molar-refractivity contribution in [2.24, 2.45) is 0 Å². The van der Waals surface area contributed by atoms with Crippen LogP contribution >= 0.6 is 0 Å². The largest absolute Gasteiger partial charge is 0.331 e. The van der Waals surface area contributed by atoms with E-state index in [1.165, 1.54) is 18.6 Å². The lowest BCUT2D eigenvalue weighted by molar-refractivity contribution is 0.0939. The fourth-order valence-electron chi connectivity index (χ4n) is 1.57. The number of hydrogen-bond donors (Lipinski definition) is 1. The van der Waals surface area contributed by atoms with E-state index >= 15 is 0 Å². The van der Waals surface area contributed by atoms with Crippen molar-refractivity contribution in [2.75, 3.05) is 0 Å². The standard InChI is InChI=1S/C14H12N4O/c1-10-2-4-11(5-3-10)12(8-15)18-14(19)13-9-16-6-7-17-13/h2-7,9,12H,1H3,(H,18,19). The Bertz CT molecular complexity index is 602. The van der Waals surface area contributed by atoms with Crippen LogP contribution in [0.5, 0.6) is 0 Å². The summed E-state index contributed by atoms with van der Waals surface area (Å²) in [5, 5.41) is 11.8. The molecule has 0 bridgehead atoms. The minimum Gasteiger partial charge on any atom is -0.331 e. The summed E-state index contributed by atoms with van der Waals surface area (Å²) < 4.78 is 0. The van der Waals surface area contributed by atoms with E-state index in [1.807, 2.05) is 31.2 Å². The summed E-state index contributed by atoms with van der Waals surface area (Å²) in [6.07, 6.45) is 4.28. The summed E-state index contributed by atoms with van der Waals surface area (Å²) >= 11 is 0. The summed E-state index contributed by atoms with van der Waals surface area (Å²) in [5.74, 6) is -0.416. The third-order valence-electron chi connectivity index (χ3n) is 2.61. The quantitative estimate of drug-likeness (QED) is 0.903. The molecular weight excluding hydrogens is 240 g/mol. The predicted octanol–water partition coefficient (Wildman–Crippen LogP) is 1.78. The van der Waals surface area contributed by atoms with Crippen LogP contribution in [0.2, 0.25) is 0 Å². The van der Waals surface area contributed by atoms with Gasteiger partial charge in [-0.3, -0.25) is 9.78 Å². The monoisotopic (exact) mass is 252 g/mol. The summed E-state index contributed by atoms with van der Waals surface area (Å²) in [5.41, 5.74) is 2.03. The Morgan fingerprint density at radius 1 is 1.32 bits per heavy atom. The Morgan fingerprint density at radius 3 is 2.63 bits per heavy atom. The number of hydrogen-bond acceptors (Lipinski definition) is 4. The van der Waals surface area contributed by atoms with Gasteiger partial charge < -0.3 is 5.32 Å². The van der Waals surface area contributed by atoms with Gasteiger partial charge in [0.1, 0.15) is 11.7 Å². The van der Waals surface area contributed by atoms with Gasteiger partial charge in [0.2, 0.25) is 0 Å². The van der Waals surface area contributed by atoms with Crippen molar-refractivity contribution in [2.45, 2.75) is 13.0 Å². The molecule has 1 unspecified atom stereocenters. The molecule has 0 saturated carbocycles. The van der Waals surface area contributed by atoms with E-state index < -0.39 is 11.9 Å². The molecule has 2 aromatic rings. The van der Waals surface area contributed by atoms with E-state index in [4.69, 9.17) is 5.26 Å². The Hall–Kier alpha value is -2.74. The first kappa shape index (κ1) is 12.7. The minimum absolute atomic E-state index is 0.190. The molecule has 0 radical (unpaired) electrons. The maximum atomic E-state index is 11.9. The summed E-state index contributed by atoms with van der Waals surface area (Å²) in [6, 6.07) is 8.79. The fraction of sp³-hybridized carbons (Fsp3) is 0.143. The van der Waals surface area contributed by atoms with Crippen LogP contribution in [0, 0.1) is 18.3 Å². The lowest BCUT2D eigenvalue weighted by atomic mass is 10.1. The zero-order valence-electron chi connectivity index (χ0n) is 10.4. The summed E-state index contributed by atoms with van der Waals surface area (Å²) in [7, 11) is 0. The van der Waals surface area contributed by atoms with Crippen molar-refractivity contribution in [3.05, 3.63) is 59.7 Å². The summed E-state index contributed by atoms with van der Waals surface area (Å²) in [4.78, 5) is 19.6. The van der Waals surface area contributed by atoms with Gasteiger partial charge in [0, 0.05) is 12.4 Å². The molecule has 0 aliphatic carbocycles. The van der Waals surface area contributed by atoms with Gasteiger partial charge in [-0.25, -0.2) is 4.98 Å².